The molecular weight excluding hydrogens is 434 g/mol. The number of amides is 2. The molecule has 5 rings (SSSR count). The molecule has 2 fully saturated rings. The summed E-state index contributed by atoms with van der Waals surface area (Å²) >= 11 is 0. The molecule has 2 amide bonds. The molecule has 0 radical (unpaired) electrons. The molecule has 2 saturated heterocycles. The largest absolute Gasteiger partial charge is 0.494 e. The van der Waals surface area contributed by atoms with Crippen LogP contribution in [0.2, 0.25) is 0 Å². The maximum atomic E-state index is 12.7. The van der Waals surface area contributed by atoms with Gasteiger partial charge in [-0.3, -0.25) is 14.3 Å². The second kappa shape index (κ2) is 8.56. The Morgan fingerprint density at radius 1 is 1.12 bits per heavy atom. The molecule has 0 spiro atoms. The minimum absolute atomic E-state index is 0.0945. The van der Waals surface area contributed by atoms with E-state index in [1.54, 1.807) is 17.8 Å². The SMILES string of the molecule is C#CC(=O)N1CC(C(=O)N2CCC(n3cc(-c4cc(OC)c5c(C#N)cnn5c4)cn3)CC2)C1. The predicted molar refractivity (Wildman–Crippen MR) is 121 cm³/mol. The Morgan fingerprint density at radius 3 is 2.56 bits per heavy atom. The Hall–Kier alpha value is -4.31. The Morgan fingerprint density at radius 2 is 1.88 bits per heavy atom. The van der Waals surface area contributed by atoms with Gasteiger partial charge in [0, 0.05) is 49.7 Å². The third kappa shape index (κ3) is 3.63. The van der Waals surface area contributed by atoms with Crippen molar-refractivity contribution in [2.45, 2.75) is 18.9 Å². The zero-order chi connectivity index (χ0) is 23.8. The highest BCUT2D eigenvalue weighted by atomic mass is 16.5. The molecule has 3 aromatic rings. The maximum Gasteiger partial charge on any atom is 0.298 e. The van der Waals surface area contributed by atoms with Crippen LogP contribution in [0.1, 0.15) is 24.4 Å². The van der Waals surface area contributed by atoms with Crippen LogP contribution in [0, 0.1) is 29.6 Å². The Kier molecular flexibility index (Phi) is 5.42. The molecule has 0 aromatic carbocycles. The first kappa shape index (κ1) is 21.5. The van der Waals surface area contributed by atoms with E-state index in [-0.39, 0.29) is 23.8 Å². The number of nitrogens with zero attached hydrogens (tertiary/aromatic N) is 7. The van der Waals surface area contributed by atoms with Crippen molar-refractivity contribution in [1.82, 2.24) is 29.2 Å². The highest BCUT2D eigenvalue weighted by Crippen LogP contribution is 2.31. The molecular formula is C24H23N7O3. The van der Waals surface area contributed by atoms with Crippen LogP contribution >= 0.6 is 0 Å². The summed E-state index contributed by atoms with van der Waals surface area (Å²) in [6.45, 7) is 2.12. The number of aromatic nitrogens is 4. The van der Waals surface area contributed by atoms with E-state index in [4.69, 9.17) is 11.2 Å². The first-order valence-corrected chi connectivity index (χ1v) is 11.1. The first-order valence-electron chi connectivity index (χ1n) is 11.1. The van der Waals surface area contributed by atoms with Gasteiger partial charge < -0.3 is 14.5 Å². The lowest BCUT2D eigenvalue weighted by molar-refractivity contribution is -0.146. The summed E-state index contributed by atoms with van der Waals surface area (Å²) in [6, 6.07) is 4.21. The summed E-state index contributed by atoms with van der Waals surface area (Å²) < 4.78 is 9.10. The highest BCUT2D eigenvalue weighted by Gasteiger charge is 2.38. The van der Waals surface area contributed by atoms with Gasteiger partial charge in [0.2, 0.25) is 5.91 Å². The fourth-order valence-electron chi connectivity index (χ4n) is 4.67. The third-order valence-corrected chi connectivity index (χ3v) is 6.64. The molecule has 172 valence electrons. The van der Waals surface area contributed by atoms with E-state index in [0.717, 1.165) is 24.0 Å². The number of hydrogen-bond acceptors (Lipinski definition) is 6. The van der Waals surface area contributed by atoms with Gasteiger partial charge in [0.25, 0.3) is 5.91 Å². The number of likely N-dealkylation sites (tertiary alicyclic amines) is 2. The van der Waals surface area contributed by atoms with Crippen LogP contribution < -0.4 is 4.74 Å². The molecule has 0 bridgehead atoms. The molecule has 0 N–H and O–H groups in total. The van der Waals surface area contributed by atoms with Gasteiger partial charge in [-0.25, -0.2) is 4.52 Å². The van der Waals surface area contributed by atoms with Crippen molar-refractivity contribution >= 4 is 17.3 Å². The zero-order valence-corrected chi connectivity index (χ0v) is 18.7. The summed E-state index contributed by atoms with van der Waals surface area (Å²) in [5, 5.41) is 18.1. The van der Waals surface area contributed by atoms with Gasteiger partial charge in [0.15, 0.2) is 0 Å². The van der Waals surface area contributed by atoms with Crippen molar-refractivity contribution in [1.29, 1.82) is 5.26 Å². The van der Waals surface area contributed by atoms with E-state index >= 15 is 0 Å². The molecule has 2 aliphatic rings. The summed E-state index contributed by atoms with van der Waals surface area (Å²) in [5.41, 5.74) is 2.89. The minimum atomic E-state index is -0.355. The quantitative estimate of drug-likeness (QED) is 0.547. The average molecular weight is 457 g/mol. The smallest absolute Gasteiger partial charge is 0.298 e. The third-order valence-electron chi connectivity index (χ3n) is 6.64. The van der Waals surface area contributed by atoms with Gasteiger partial charge in [0.05, 0.1) is 31.5 Å². The van der Waals surface area contributed by atoms with Gasteiger partial charge in [0.1, 0.15) is 22.9 Å². The molecule has 2 aliphatic heterocycles. The monoisotopic (exact) mass is 457 g/mol. The Bertz CT molecular complexity index is 1350. The van der Waals surface area contributed by atoms with E-state index in [2.05, 4.69) is 22.2 Å². The molecule has 0 saturated carbocycles. The number of methoxy groups -OCH3 is 1. The molecule has 10 nitrogen and oxygen atoms in total. The second-order valence-electron chi connectivity index (χ2n) is 8.58. The van der Waals surface area contributed by atoms with Crippen LogP contribution in [-0.4, -0.2) is 74.3 Å². The molecule has 10 heteroatoms. The van der Waals surface area contributed by atoms with Gasteiger partial charge in [-0.05, 0) is 24.8 Å². The van der Waals surface area contributed by atoms with Crippen molar-refractivity contribution in [3.63, 3.8) is 0 Å². The lowest BCUT2D eigenvalue weighted by atomic mass is 9.96. The molecule has 3 aromatic heterocycles. The van der Waals surface area contributed by atoms with Crippen LogP contribution in [0.4, 0.5) is 0 Å². The van der Waals surface area contributed by atoms with Crippen molar-refractivity contribution in [2.75, 3.05) is 33.3 Å². The number of hydrogen-bond donors (Lipinski definition) is 0. The Labute approximate surface area is 196 Å². The molecule has 0 unspecified atom stereocenters. The second-order valence-corrected chi connectivity index (χ2v) is 8.58. The van der Waals surface area contributed by atoms with Crippen molar-refractivity contribution in [3.05, 3.63) is 36.4 Å². The van der Waals surface area contributed by atoms with E-state index in [0.29, 0.717) is 43.0 Å². The first-order chi connectivity index (χ1) is 16.5. The van der Waals surface area contributed by atoms with Crippen LogP contribution in [0.25, 0.3) is 16.6 Å². The van der Waals surface area contributed by atoms with Crippen LogP contribution in [0.15, 0.2) is 30.9 Å². The van der Waals surface area contributed by atoms with Gasteiger partial charge in [-0.1, -0.05) is 0 Å². The molecule has 0 atom stereocenters. The van der Waals surface area contributed by atoms with Crippen LogP contribution in [0.3, 0.4) is 0 Å². The lowest BCUT2D eigenvalue weighted by Crippen LogP contribution is -2.57. The zero-order valence-electron chi connectivity index (χ0n) is 18.7. The number of rotatable bonds is 4. The summed E-state index contributed by atoms with van der Waals surface area (Å²) in [7, 11) is 1.57. The average Bonchev–Trinajstić information content (AvgIpc) is 3.49. The number of ether oxygens (including phenoxy) is 1. The van der Waals surface area contributed by atoms with Crippen molar-refractivity contribution in [3.8, 4) is 35.3 Å². The van der Waals surface area contributed by atoms with E-state index in [1.807, 2.05) is 28.0 Å². The van der Waals surface area contributed by atoms with E-state index < -0.39 is 0 Å². The predicted octanol–water partition coefficient (Wildman–Crippen LogP) is 1.33. The molecule has 0 aliphatic carbocycles. The summed E-state index contributed by atoms with van der Waals surface area (Å²) in [5.74, 6) is 2.25. The fourth-order valence-corrected chi connectivity index (χ4v) is 4.67. The van der Waals surface area contributed by atoms with Crippen molar-refractivity contribution < 1.29 is 14.3 Å². The van der Waals surface area contributed by atoms with E-state index in [9.17, 15) is 14.9 Å². The summed E-state index contributed by atoms with van der Waals surface area (Å²) in [6.07, 6.45) is 13.9. The lowest BCUT2D eigenvalue weighted by Gasteiger charge is -2.41. The minimum Gasteiger partial charge on any atom is -0.494 e. The van der Waals surface area contributed by atoms with Gasteiger partial charge in [-0.15, -0.1) is 6.42 Å². The standard InChI is InChI=1S/C24H23N7O3/c1-3-22(32)29-12-19(13-29)24(33)28-6-4-20(5-7-28)30-15-18(11-26-30)16-8-21(34-2)23-17(9-25)10-27-31(23)14-16/h1,8,10-11,14-15,19-20H,4-7,12-13H2,2H3. The normalized spacial score (nSPS) is 16.7. The highest BCUT2D eigenvalue weighted by molar-refractivity contribution is 5.95. The molecule has 5 heterocycles. The van der Waals surface area contributed by atoms with Crippen LogP contribution in [0.5, 0.6) is 5.75 Å². The number of carbonyl (C=O) groups excluding carboxylic acids is 2. The van der Waals surface area contributed by atoms with Gasteiger partial charge >= 0.3 is 0 Å². The number of fused-ring (bicyclic) bond motifs is 1. The fraction of sp³-hybridized carbons (Fsp3) is 0.375. The Balaban J connectivity index is 1.24. The summed E-state index contributed by atoms with van der Waals surface area (Å²) in [4.78, 5) is 27.6. The maximum absolute atomic E-state index is 12.7. The number of piperidine rings is 1. The van der Waals surface area contributed by atoms with Crippen LogP contribution in [-0.2, 0) is 9.59 Å². The molecule has 34 heavy (non-hydrogen) atoms. The van der Waals surface area contributed by atoms with Crippen molar-refractivity contribution in [2.24, 2.45) is 5.92 Å². The number of pyridine rings is 1. The topological polar surface area (TPSA) is 109 Å². The number of carbonyl (C=O) groups is 2. The number of nitriles is 1. The van der Waals surface area contributed by atoms with Gasteiger partial charge in [-0.2, -0.15) is 15.5 Å². The van der Waals surface area contributed by atoms with E-state index in [1.165, 1.54) is 11.1 Å². The number of terminal acetylenes is 1.